The van der Waals surface area contributed by atoms with Gasteiger partial charge in [-0.1, -0.05) is 30.2 Å². The van der Waals surface area contributed by atoms with Crippen molar-refractivity contribution in [2.45, 2.75) is 6.42 Å². The number of fused-ring (bicyclic) bond motifs is 1. The zero-order chi connectivity index (χ0) is 10.7. The summed E-state index contributed by atoms with van der Waals surface area (Å²) >= 11 is 0. The van der Waals surface area contributed by atoms with E-state index in [0.717, 1.165) is 28.2 Å². The van der Waals surface area contributed by atoms with E-state index in [9.17, 15) is 4.79 Å². The third-order valence-electron chi connectivity index (χ3n) is 2.39. The van der Waals surface area contributed by atoms with Crippen LogP contribution in [0.2, 0.25) is 0 Å². The lowest BCUT2D eigenvalue weighted by atomic mass is 10.0. The Labute approximate surface area is 88.7 Å². The highest BCUT2D eigenvalue weighted by molar-refractivity contribution is 5.85. The van der Waals surface area contributed by atoms with Crippen molar-refractivity contribution in [2.24, 2.45) is 0 Å². The summed E-state index contributed by atoms with van der Waals surface area (Å²) < 4.78 is 0. The van der Waals surface area contributed by atoms with Crippen molar-refractivity contribution in [1.29, 1.82) is 0 Å². The van der Waals surface area contributed by atoms with Crippen LogP contribution in [0.15, 0.2) is 36.4 Å². The van der Waals surface area contributed by atoms with Crippen molar-refractivity contribution in [2.75, 3.05) is 0 Å². The van der Waals surface area contributed by atoms with E-state index in [-0.39, 0.29) is 0 Å². The lowest BCUT2D eigenvalue weighted by Crippen LogP contribution is -1.85. The van der Waals surface area contributed by atoms with Crippen LogP contribution in [-0.2, 0) is 11.2 Å². The van der Waals surface area contributed by atoms with Gasteiger partial charge < -0.3 is 4.79 Å². The molecule has 0 bridgehead atoms. The molecule has 0 aliphatic heterocycles. The summed E-state index contributed by atoms with van der Waals surface area (Å²) in [5, 5.41) is 2.23. The van der Waals surface area contributed by atoms with E-state index < -0.39 is 0 Å². The van der Waals surface area contributed by atoms with Gasteiger partial charge in [0.2, 0.25) is 0 Å². The first-order chi connectivity index (χ1) is 7.33. The Morgan fingerprint density at radius 3 is 2.60 bits per heavy atom. The Kier molecular flexibility index (Phi) is 2.51. The lowest BCUT2D eigenvalue weighted by molar-refractivity contribution is -0.107. The lowest BCUT2D eigenvalue weighted by Gasteiger charge is -2.01. The third kappa shape index (κ3) is 1.89. The average molecular weight is 194 g/mol. The summed E-state index contributed by atoms with van der Waals surface area (Å²) in [6.07, 6.45) is 6.70. The van der Waals surface area contributed by atoms with Crippen LogP contribution in [0.3, 0.4) is 0 Å². The molecule has 0 aliphatic carbocycles. The van der Waals surface area contributed by atoms with E-state index in [2.05, 4.69) is 5.92 Å². The second-order valence-corrected chi connectivity index (χ2v) is 3.41. The highest BCUT2D eigenvalue weighted by Crippen LogP contribution is 2.17. The number of aldehydes is 1. The highest BCUT2D eigenvalue weighted by atomic mass is 16.1. The fraction of sp³-hybridized carbons (Fsp3) is 0.0714. The van der Waals surface area contributed by atoms with Gasteiger partial charge >= 0.3 is 0 Å². The number of benzene rings is 2. The van der Waals surface area contributed by atoms with Gasteiger partial charge in [0.1, 0.15) is 6.29 Å². The number of carbonyl (C=O) groups is 1. The molecule has 2 rings (SSSR count). The first-order valence-electron chi connectivity index (χ1n) is 4.76. The molecule has 0 saturated carbocycles. The Morgan fingerprint density at radius 1 is 1.13 bits per heavy atom. The van der Waals surface area contributed by atoms with Gasteiger partial charge in [0.15, 0.2) is 0 Å². The molecule has 2 aromatic rings. The number of rotatable bonds is 2. The molecular formula is C14H10O. The summed E-state index contributed by atoms with van der Waals surface area (Å²) in [6.45, 7) is 0. The summed E-state index contributed by atoms with van der Waals surface area (Å²) in [7, 11) is 0. The van der Waals surface area contributed by atoms with Crippen LogP contribution in [0.25, 0.3) is 10.8 Å². The predicted octanol–water partition coefficient (Wildman–Crippen LogP) is 2.56. The molecule has 0 saturated heterocycles. The fourth-order valence-corrected chi connectivity index (χ4v) is 1.61. The summed E-state index contributed by atoms with van der Waals surface area (Å²) in [5.74, 6) is 2.60. The topological polar surface area (TPSA) is 17.1 Å². The Hall–Kier alpha value is -2.07. The molecule has 1 nitrogen and oxygen atoms in total. The summed E-state index contributed by atoms with van der Waals surface area (Å²) in [5.41, 5.74) is 1.91. The Balaban J connectivity index is 2.55. The molecule has 72 valence electrons. The SMILES string of the molecule is C#Cc1ccc2cc(CC=O)ccc2c1. The van der Waals surface area contributed by atoms with Crippen LogP contribution in [0, 0.1) is 12.3 Å². The van der Waals surface area contributed by atoms with Crippen LogP contribution >= 0.6 is 0 Å². The predicted molar refractivity (Wildman–Crippen MR) is 61.7 cm³/mol. The van der Waals surface area contributed by atoms with Crippen molar-refractivity contribution in [3.8, 4) is 12.3 Å². The van der Waals surface area contributed by atoms with Crippen LogP contribution in [-0.4, -0.2) is 6.29 Å². The minimum atomic E-state index is 0.465. The molecule has 0 heterocycles. The van der Waals surface area contributed by atoms with Crippen LogP contribution in [0.5, 0.6) is 0 Å². The van der Waals surface area contributed by atoms with Crippen molar-refractivity contribution in [1.82, 2.24) is 0 Å². The molecule has 0 aromatic heterocycles. The largest absolute Gasteiger partial charge is 0.303 e. The second-order valence-electron chi connectivity index (χ2n) is 3.41. The number of carbonyl (C=O) groups excluding carboxylic acids is 1. The summed E-state index contributed by atoms with van der Waals surface area (Å²) in [6, 6.07) is 11.8. The number of hydrogen-bond donors (Lipinski definition) is 0. The van der Waals surface area contributed by atoms with Gasteiger partial charge in [0.25, 0.3) is 0 Å². The molecule has 0 aliphatic rings. The van der Waals surface area contributed by atoms with E-state index in [1.165, 1.54) is 0 Å². The first kappa shape index (κ1) is 9.48. The van der Waals surface area contributed by atoms with Crippen molar-refractivity contribution in [3.63, 3.8) is 0 Å². The van der Waals surface area contributed by atoms with E-state index >= 15 is 0 Å². The van der Waals surface area contributed by atoms with Gasteiger partial charge in [0, 0.05) is 12.0 Å². The van der Waals surface area contributed by atoms with E-state index in [4.69, 9.17) is 6.42 Å². The monoisotopic (exact) mass is 194 g/mol. The van der Waals surface area contributed by atoms with Crippen LogP contribution in [0.1, 0.15) is 11.1 Å². The van der Waals surface area contributed by atoms with Crippen LogP contribution in [0.4, 0.5) is 0 Å². The van der Waals surface area contributed by atoms with Gasteiger partial charge in [-0.15, -0.1) is 6.42 Å². The van der Waals surface area contributed by atoms with Crippen LogP contribution < -0.4 is 0 Å². The molecule has 2 aromatic carbocycles. The van der Waals surface area contributed by atoms with Gasteiger partial charge in [0.05, 0.1) is 0 Å². The molecule has 0 atom stereocenters. The van der Waals surface area contributed by atoms with Gasteiger partial charge in [-0.2, -0.15) is 0 Å². The molecule has 0 spiro atoms. The molecule has 15 heavy (non-hydrogen) atoms. The maximum absolute atomic E-state index is 10.4. The minimum absolute atomic E-state index is 0.465. The van der Waals surface area contributed by atoms with E-state index in [0.29, 0.717) is 6.42 Å². The molecule has 0 N–H and O–H groups in total. The maximum Gasteiger partial charge on any atom is 0.124 e. The fourth-order valence-electron chi connectivity index (χ4n) is 1.61. The Bertz CT molecular complexity index is 547. The maximum atomic E-state index is 10.4. The molecule has 0 amide bonds. The van der Waals surface area contributed by atoms with Crippen molar-refractivity contribution >= 4 is 17.1 Å². The second kappa shape index (κ2) is 3.98. The molecule has 0 fully saturated rings. The molecule has 0 unspecified atom stereocenters. The standard InChI is InChI=1S/C14H10O/c1-2-11-3-5-14-10-12(7-8-15)4-6-13(14)9-11/h1,3-6,8-10H,7H2. The van der Waals surface area contributed by atoms with Crippen molar-refractivity contribution in [3.05, 3.63) is 47.5 Å². The van der Waals surface area contributed by atoms with Crippen molar-refractivity contribution < 1.29 is 4.79 Å². The highest BCUT2D eigenvalue weighted by Gasteiger charge is 1.97. The number of terminal acetylenes is 1. The normalized spacial score (nSPS) is 9.80. The third-order valence-corrected chi connectivity index (χ3v) is 2.39. The van der Waals surface area contributed by atoms with Gasteiger partial charge in [-0.3, -0.25) is 0 Å². The molecule has 0 radical (unpaired) electrons. The average Bonchev–Trinajstić information content (AvgIpc) is 2.29. The zero-order valence-corrected chi connectivity index (χ0v) is 8.23. The van der Waals surface area contributed by atoms with Gasteiger partial charge in [-0.25, -0.2) is 0 Å². The van der Waals surface area contributed by atoms with Gasteiger partial charge in [-0.05, 0) is 28.5 Å². The number of hydrogen-bond acceptors (Lipinski definition) is 1. The van der Waals surface area contributed by atoms with E-state index in [1.54, 1.807) is 0 Å². The quantitative estimate of drug-likeness (QED) is 0.530. The summed E-state index contributed by atoms with van der Waals surface area (Å²) in [4.78, 5) is 10.4. The van der Waals surface area contributed by atoms with E-state index in [1.807, 2.05) is 36.4 Å². The molecule has 1 heteroatoms. The molecular weight excluding hydrogens is 184 g/mol. The minimum Gasteiger partial charge on any atom is -0.303 e. The Morgan fingerprint density at radius 2 is 1.87 bits per heavy atom. The zero-order valence-electron chi connectivity index (χ0n) is 8.23. The smallest absolute Gasteiger partial charge is 0.124 e. The first-order valence-corrected chi connectivity index (χ1v) is 4.76.